The summed E-state index contributed by atoms with van der Waals surface area (Å²) in [5, 5.41) is 9.96. The quantitative estimate of drug-likeness (QED) is 0.768. The van der Waals surface area contributed by atoms with Gasteiger partial charge >= 0.3 is 0 Å². The van der Waals surface area contributed by atoms with Gasteiger partial charge in [0.25, 0.3) is 5.56 Å². The fourth-order valence-electron chi connectivity index (χ4n) is 3.49. The largest absolute Gasteiger partial charge is 0.352 e. The lowest BCUT2D eigenvalue weighted by atomic mass is 10.00. The van der Waals surface area contributed by atoms with E-state index in [4.69, 9.17) is 0 Å². The third kappa shape index (κ3) is 3.21. The molecule has 0 aromatic carbocycles. The zero-order valence-electron chi connectivity index (χ0n) is 14.5. The minimum atomic E-state index is -0.0750. The van der Waals surface area contributed by atoms with Crippen LogP contribution in [0, 0.1) is 13.8 Å². The molecule has 0 bridgehead atoms. The Hall–Kier alpha value is -2.15. The number of pyridine rings is 1. The van der Waals surface area contributed by atoms with E-state index < -0.39 is 0 Å². The van der Waals surface area contributed by atoms with Gasteiger partial charge < -0.3 is 10.6 Å². The van der Waals surface area contributed by atoms with Gasteiger partial charge in [-0.2, -0.15) is 0 Å². The predicted octanol–water partition coefficient (Wildman–Crippen LogP) is 0.679. The lowest BCUT2D eigenvalue weighted by Crippen LogP contribution is -2.45. The number of rotatable bonds is 4. The van der Waals surface area contributed by atoms with Crippen LogP contribution in [0.15, 0.2) is 4.79 Å². The highest BCUT2D eigenvalue weighted by Gasteiger charge is 2.18. The molecule has 3 rings (SSSR count). The molecule has 130 valence electrons. The average Bonchev–Trinajstić information content (AvgIpc) is 2.82. The van der Waals surface area contributed by atoms with Crippen molar-refractivity contribution in [2.24, 2.45) is 7.05 Å². The fraction of sp³-hybridized carbons (Fsp3) is 0.588. The first kappa shape index (κ1) is 16.7. The second-order valence-electron chi connectivity index (χ2n) is 6.61. The maximum atomic E-state index is 12.2. The molecule has 3 heterocycles. The summed E-state index contributed by atoms with van der Waals surface area (Å²) < 4.78 is 1.44. The number of hydrogen-bond acceptors (Lipinski definition) is 4. The summed E-state index contributed by atoms with van der Waals surface area (Å²) >= 11 is 0. The van der Waals surface area contributed by atoms with Crippen molar-refractivity contribution in [2.75, 3.05) is 13.1 Å². The molecule has 1 unspecified atom stereocenters. The molecule has 0 aliphatic carbocycles. The molecule has 7 heteroatoms. The van der Waals surface area contributed by atoms with Crippen molar-refractivity contribution in [3.8, 4) is 0 Å². The molecule has 1 fully saturated rings. The Labute approximate surface area is 140 Å². The summed E-state index contributed by atoms with van der Waals surface area (Å²) in [6, 6.07) is 0.228. The van der Waals surface area contributed by atoms with Crippen molar-refractivity contribution in [3.05, 3.63) is 27.2 Å². The highest BCUT2D eigenvalue weighted by molar-refractivity contribution is 5.80. The van der Waals surface area contributed by atoms with Gasteiger partial charge in [-0.15, -0.1) is 0 Å². The van der Waals surface area contributed by atoms with Crippen molar-refractivity contribution >= 4 is 16.9 Å². The van der Waals surface area contributed by atoms with Crippen molar-refractivity contribution in [3.63, 3.8) is 0 Å². The summed E-state index contributed by atoms with van der Waals surface area (Å²) in [6.07, 6.45) is 3.14. The number of H-pyrrole nitrogens is 1. The number of aromatic amines is 1. The molecule has 0 saturated carbocycles. The van der Waals surface area contributed by atoms with Gasteiger partial charge in [-0.1, -0.05) is 0 Å². The minimum absolute atomic E-state index is 0.0598. The van der Waals surface area contributed by atoms with Crippen LogP contribution in [0.25, 0.3) is 11.0 Å². The Kier molecular flexibility index (Phi) is 4.71. The second-order valence-corrected chi connectivity index (χ2v) is 6.61. The molecule has 2 aromatic rings. The number of piperidine rings is 1. The van der Waals surface area contributed by atoms with Crippen molar-refractivity contribution < 1.29 is 4.79 Å². The molecule has 0 spiro atoms. The van der Waals surface area contributed by atoms with Crippen LogP contribution in [0.1, 0.15) is 36.1 Å². The van der Waals surface area contributed by atoms with Crippen molar-refractivity contribution in [2.45, 2.75) is 45.6 Å². The van der Waals surface area contributed by atoms with Gasteiger partial charge in [-0.25, -0.2) is 4.98 Å². The normalized spacial score (nSPS) is 18.0. The highest BCUT2D eigenvalue weighted by Crippen LogP contribution is 2.20. The monoisotopic (exact) mass is 331 g/mol. The molecular weight excluding hydrogens is 306 g/mol. The third-order valence-electron chi connectivity index (χ3n) is 4.84. The van der Waals surface area contributed by atoms with E-state index in [1.807, 2.05) is 13.8 Å². The van der Waals surface area contributed by atoms with Gasteiger partial charge in [0.1, 0.15) is 0 Å². The molecule has 3 N–H and O–H groups in total. The van der Waals surface area contributed by atoms with Crippen molar-refractivity contribution in [1.82, 2.24) is 25.4 Å². The highest BCUT2D eigenvalue weighted by atomic mass is 16.1. The molecule has 1 amide bonds. The summed E-state index contributed by atoms with van der Waals surface area (Å²) in [5.74, 6) is 0.0598. The van der Waals surface area contributed by atoms with E-state index in [0.717, 1.165) is 42.8 Å². The van der Waals surface area contributed by atoms with E-state index in [1.165, 1.54) is 4.68 Å². The Bertz CT molecular complexity index is 814. The molecule has 1 aliphatic heterocycles. The summed E-state index contributed by atoms with van der Waals surface area (Å²) in [5.41, 5.74) is 3.32. The number of aromatic nitrogens is 3. The maximum Gasteiger partial charge on any atom is 0.276 e. The van der Waals surface area contributed by atoms with Crippen LogP contribution >= 0.6 is 0 Å². The number of nitrogens with zero attached hydrogens (tertiary/aromatic N) is 2. The average molecular weight is 331 g/mol. The van der Waals surface area contributed by atoms with E-state index >= 15 is 0 Å². The third-order valence-corrected chi connectivity index (χ3v) is 4.84. The molecule has 7 nitrogen and oxygen atoms in total. The topological polar surface area (TPSA) is 91.8 Å². The van der Waals surface area contributed by atoms with Crippen molar-refractivity contribution in [1.29, 1.82) is 0 Å². The lowest BCUT2D eigenvalue weighted by molar-refractivity contribution is -0.121. The van der Waals surface area contributed by atoms with E-state index in [9.17, 15) is 9.59 Å². The smallest absolute Gasteiger partial charge is 0.276 e. The van der Waals surface area contributed by atoms with E-state index in [-0.39, 0.29) is 17.5 Å². The number of carbonyl (C=O) groups is 1. The van der Waals surface area contributed by atoms with Gasteiger partial charge in [0.15, 0.2) is 5.65 Å². The van der Waals surface area contributed by atoms with Gasteiger partial charge in [0.2, 0.25) is 5.91 Å². The standard InChI is InChI=1S/C17H25N5O2/c1-10-13(6-7-14(23)20-12-5-4-8-18-9-12)11(2)19-16-15(10)17(24)22(3)21-16/h12,18H,4-9H2,1-3H3,(H,19,21)(H,20,23). The molecule has 1 aliphatic rings. The number of carbonyl (C=O) groups excluding carboxylic acids is 1. The van der Waals surface area contributed by atoms with Crippen LogP contribution in [0.4, 0.5) is 0 Å². The van der Waals surface area contributed by atoms with Gasteiger partial charge in [-0.3, -0.25) is 19.4 Å². The van der Waals surface area contributed by atoms with Gasteiger partial charge in [0.05, 0.1) is 5.39 Å². The Morgan fingerprint density at radius 2 is 2.21 bits per heavy atom. The fourth-order valence-corrected chi connectivity index (χ4v) is 3.49. The van der Waals surface area contributed by atoms with Crippen LogP contribution in [-0.4, -0.2) is 39.8 Å². The number of fused-ring (bicyclic) bond motifs is 1. The van der Waals surface area contributed by atoms with E-state index in [0.29, 0.717) is 23.9 Å². The zero-order chi connectivity index (χ0) is 17.3. The van der Waals surface area contributed by atoms with Gasteiger partial charge in [0, 0.05) is 31.7 Å². The first-order valence-corrected chi connectivity index (χ1v) is 8.52. The van der Waals surface area contributed by atoms with E-state index in [2.05, 4.69) is 20.7 Å². The predicted molar refractivity (Wildman–Crippen MR) is 93.2 cm³/mol. The number of nitrogens with one attached hydrogen (secondary N) is 3. The van der Waals surface area contributed by atoms with Crippen LogP contribution in [-0.2, 0) is 18.3 Å². The number of aryl methyl sites for hydroxylation is 3. The summed E-state index contributed by atoms with van der Waals surface area (Å²) in [6.45, 7) is 5.74. The Balaban J connectivity index is 1.74. The Morgan fingerprint density at radius 1 is 1.42 bits per heavy atom. The summed E-state index contributed by atoms with van der Waals surface area (Å²) in [4.78, 5) is 28.9. The number of amides is 1. The second kappa shape index (κ2) is 6.76. The van der Waals surface area contributed by atoms with Crippen LogP contribution in [0.5, 0.6) is 0 Å². The molecule has 24 heavy (non-hydrogen) atoms. The minimum Gasteiger partial charge on any atom is -0.352 e. The van der Waals surface area contributed by atoms with Gasteiger partial charge in [-0.05, 0) is 50.8 Å². The molecule has 1 saturated heterocycles. The Morgan fingerprint density at radius 3 is 2.92 bits per heavy atom. The van der Waals surface area contributed by atoms with E-state index in [1.54, 1.807) is 7.05 Å². The van der Waals surface area contributed by atoms with Crippen LogP contribution in [0.2, 0.25) is 0 Å². The lowest BCUT2D eigenvalue weighted by Gasteiger charge is -2.23. The maximum absolute atomic E-state index is 12.2. The molecule has 2 aromatic heterocycles. The SMILES string of the molecule is Cc1nc2[nH]n(C)c(=O)c2c(C)c1CCC(=O)NC1CCCNC1. The molecule has 1 atom stereocenters. The zero-order valence-corrected chi connectivity index (χ0v) is 14.5. The van der Waals surface area contributed by atoms with Crippen LogP contribution in [0.3, 0.4) is 0 Å². The first-order valence-electron chi connectivity index (χ1n) is 8.52. The molecular formula is C17H25N5O2. The molecule has 0 radical (unpaired) electrons. The first-order chi connectivity index (χ1) is 11.5. The summed E-state index contributed by atoms with van der Waals surface area (Å²) in [7, 11) is 1.68. The van der Waals surface area contributed by atoms with Crippen LogP contribution < -0.4 is 16.2 Å². The number of hydrogen-bond donors (Lipinski definition) is 3.